The maximum absolute atomic E-state index is 12.6. The zero-order valence-electron chi connectivity index (χ0n) is 14.5. The standard InChI is InChI=1S/C18H20BrN3O4S/c19-16-3-1-2-4-17(16)20-13-18(23)21-14-5-7-15(8-6-14)27(24,25)22-9-11-26-12-10-22/h1-8,20H,9-13H2,(H,21,23). The van der Waals surface area contributed by atoms with Gasteiger partial charge in [0.1, 0.15) is 0 Å². The van der Waals surface area contributed by atoms with Crippen molar-refractivity contribution in [1.29, 1.82) is 0 Å². The zero-order chi connectivity index (χ0) is 19.3. The van der Waals surface area contributed by atoms with Crippen molar-refractivity contribution in [1.82, 2.24) is 4.31 Å². The Morgan fingerprint density at radius 3 is 2.41 bits per heavy atom. The van der Waals surface area contributed by atoms with Gasteiger partial charge < -0.3 is 15.4 Å². The van der Waals surface area contributed by atoms with Crippen LogP contribution in [0.3, 0.4) is 0 Å². The summed E-state index contributed by atoms with van der Waals surface area (Å²) < 4.78 is 32.6. The summed E-state index contributed by atoms with van der Waals surface area (Å²) in [5, 5.41) is 5.78. The smallest absolute Gasteiger partial charge is 0.243 e. The normalized spacial score (nSPS) is 15.3. The van der Waals surface area contributed by atoms with E-state index in [4.69, 9.17) is 4.74 Å². The molecule has 0 atom stereocenters. The van der Waals surface area contributed by atoms with Crippen molar-refractivity contribution < 1.29 is 17.9 Å². The van der Waals surface area contributed by atoms with E-state index < -0.39 is 10.0 Å². The molecule has 2 aromatic rings. The molecule has 1 amide bonds. The van der Waals surface area contributed by atoms with E-state index in [9.17, 15) is 13.2 Å². The number of halogens is 1. The van der Waals surface area contributed by atoms with Gasteiger partial charge in [-0.05, 0) is 52.3 Å². The van der Waals surface area contributed by atoms with Crippen LogP contribution in [0, 0.1) is 0 Å². The van der Waals surface area contributed by atoms with E-state index in [-0.39, 0.29) is 17.3 Å². The Hall–Kier alpha value is -1.94. The Balaban J connectivity index is 1.58. The largest absolute Gasteiger partial charge is 0.379 e. The average molecular weight is 454 g/mol. The summed E-state index contributed by atoms with van der Waals surface area (Å²) in [6.07, 6.45) is 0. The van der Waals surface area contributed by atoms with E-state index in [0.717, 1.165) is 10.2 Å². The lowest BCUT2D eigenvalue weighted by atomic mass is 10.3. The number of morpholine rings is 1. The summed E-state index contributed by atoms with van der Waals surface area (Å²) in [4.78, 5) is 12.3. The quantitative estimate of drug-likeness (QED) is 0.701. The highest BCUT2D eigenvalue weighted by molar-refractivity contribution is 9.10. The van der Waals surface area contributed by atoms with Crippen molar-refractivity contribution in [3.05, 3.63) is 53.0 Å². The minimum atomic E-state index is -3.54. The Bertz CT molecular complexity index is 897. The molecule has 144 valence electrons. The van der Waals surface area contributed by atoms with Crippen LogP contribution in [0.1, 0.15) is 0 Å². The number of benzene rings is 2. The van der Waals surface area contributed by atoms with Gasteiger partial charge in [-0.3, -0.25) is 4.79 Å². The molecule has 7 nitrogen and oxygen atoms in total. The highest BCUT2D eigenvalue weighted by Gasteiger charge is 2.26. The maximum Gasteiger partial charge on any atom is 0.243 e. The molecule has 2 aromatic carbocycles. The van der Waals surface area contributed by atoms with Crippen LogP contribution >= 0.6 is 15.9 Å². The Kier molecular flexibility index (Phi) is 6.48. The number of carbonyl (C=O) groups excluding carboxylic acids is 1. The van der Waals surface area contributed by atoms with E-state index >= 15 is 0 Å². The lowest BCUT2D eigenvalue weighted by Crippen LogP contribution is -2.40. The molecular weight excluding hydrogens is 434 g/mol. The van der Waals surface area contributed by atoms with Gasteiger partial charge >= 0.3 is 0 Å². The minimum Gasteiger partial charge on any atom is -0.379 e. The topological polar surface area (TPSA) is 87.7 Å². The molecule has 0 spiro atoms. The van der Waals surface area contributed by atoms with Crippen LogP contribution in [-0.2, 0) is 19.6 Å². The molecule has 0 bridgehead atoms. The van der Waals surface area contributed by atoms with Crippen molar-refractivity contribution in [2.75, 3.05) is 43.5 Å². The number of para-hydroxylation sites is 1. The third kappa shape index (κ3) is 5.07. The summed E-state index contributed by atoms with van der Waals surface area (Å²) in [6, 6.07) is 13.7. The van der Waals surface area contributed by atoms with Crippen molar-refractivity contribution in [2.24, 2.45) is 0 Å². The van der Waals surface area contributed by atoms with Gasteiger partial charge in [-0.15, -0.1) is 0 Å². The van der Waals surface area contributed by atoms with Gasteiger partial charge in [-0.2, -0.15) is 4.31 Å². The van der Waals surface area contributed by atoms with Gasteiger partial charge in [0, 0.05) is 28.9 Å². The average Bonchev–Trinajstić information content (AvgIpc) is 2.68. The molecule has 0 radical (unpaired) electrons. The summed E-state index contributed by atoms with van der Waals surface area (Å²) in [5.41, 5.74) is 1.36. The van der Waals surface area contributed by atoms with Gasteiger partial charge in [0.05, 0.1) is 24.7 Å². The fraction of sp³-hybridized carbons (Fsp3) is 0.278. The van der Waals surface area contributed by atoms with E-state index in [2.05, 4.69) is 26.6 Å². The molecule has 0 saturated carbocycles. The molecular formula is C18H20BrN3O4S. The van der Waals surface area contributed by atoms with Crippen LogP contribution in [0.15, 0.2) is 57.9 Å². The van der Waals surface area contributed by atoms with Crippen molar-refractivity contribution >= 4 is 43.2 Å². The van der Waals surface area contributed by atoms with E-state index in [1.54, 1.807) is 12.1 Å². The Morgan fingerprint density at radius 1 is 1.07 bits per heavy atom. The van der Waals surface area contributed by atoms with Crippen LogP contribution in [0.2, 0.25) is 0 Å². The number of hydrogen-bond acceptors (Lipinski definition) is 5. The number of amides is 1. The summed E-state index contributed by atoms with van der Waals surface area (Å²) >= 11 is 3.41. The highest BCUT2D eigenvalue weighted by Crippen LogP contribution is 2.21. The Labute approximate surface area is 166 Å². The molecule has 1 heterocycles. The van der Waals surface area contributed by atoms with E-state index in [1.807, 2.05) is 24.3 Å². The molecule has 2 N–H and O–H groups in total. The summed E-state index contributed by atoms with van der Waals surface area (Å²) in [5.74, 6) is -0.227. The fourth-order valence-electron chi connectivity index (χ4n) is 2.63. The minimum absolute atomic E-state index is 0.0937. The lowest BCUT2D eigenvalue weighted by Gasteiger charge is -2.26. The molecule has 0 aliphatic carbocycles. The lowest BCUT2D eigenvalue weighted by molar-refractivity contribution is -0.114. The van der Waals surface area contributed by atoms with Crippen LogP contribution in [0.4, 0.5) is 11.4 Å². The van der Waals surface area contributed by atoms with E-state index in [1.165, 1.54) is 16.4 Å². The number of rotatable bonds is 6. The number of nitrogens with one attached hydrogen (secondary N) is 2. The predicted molar refractivity (Wildman–Crippen MR) is 107 cm³/mol. The third-order valence-electron chi connectivity index (χ3n) is 4.06. The molecule has 3 rings (SSSR count). The highest BCUT2D eigenvalue weighted by atomic mass is 79.9. The summed E-state index contributed by atoms with van der Waals surface area (Å²) in [6.45, 7) is 1.59. The molecule has 1 fully saturated rings. The van der Waals surface area contributed by atoms with Crippen LogP contribution < -0.4 is 10.6 Å². The second kappa shape index (κ2) is 8.83. The van der Waals surface area contributed by atoms with Crippen LogP contribution in [-0.4, -0.2) is 51.5 Å². The molecule has 1 saturated heterocycles. The SMILES string of the molecule is O=C(CNc1ccccc1Br)Nc1ccc(S(=O)(=O)N2CCOCC2)cc1. The third-order valence-corrected chi connectivity index (χ3v) is 6.66. The van der Waals surface area contributed by atoms with Gasteiger partial charge in [0.2, 0.25) is 15.9 Å². The monoisotopic (exact) mass is 453 g/mol. The second-order valence-corrected chi connectivity index (χ2v) is 8.71. The maximum atomic E-state index is 12.6. The number of sulfonamides is 1. The molecule has 27 heavy (non-hydrogen) atoms. The predicted octanol–water partition coefficient (Wildman–Crippen LogP) is 2.52. The number of carbonyl (C=O) groups is 1. The molecule has 1 aliphatic rings. The first-order valence-corrected chi connectivity index (χ1v) is 10.7. The van der Waals surface area contributed by atoms with Gasteiger partial charge in [-0.25, -0.2) is 8.42 Å². The molecule has 0 unspecified atom stereocenters. The van der Waals surface area contributed by atoms with Crippen LogP contribution in [0.25, 0.3) is 0 Å². The number of anilines is 2. The number of ether oxygens (including phenoxy) is 1. The van der Waals surface area contributed by atoms with Crippen molar-refractivity contribution in [3.8, 4) is 0 Å². The molecule has 9 heteroatoms. The van der Waals surface area contributed by atoms with Crippen molar-refractivity contribution in [2.45, 2.75) is 4.90 Å². The number of hydrogen-bond donors (Lipinski definition) is 2. The molecule has 0 aromatic heterocycles. The second-order valence-electron chi connectivity index (χ2n) is 5.92. The fourth-order valence-corrected chi connectivity index (χ4v) is 4.46. The van der Waals surface area contributed by atoms with Crippen molar-refractivity contribution in [3.63, 3.8) is 0 Å². The van der Waals surface area contributed by atoms with E-state index in [0.29, 0.717) is 32.0 Å². The van der Waals surface area contributed by atoms with Gasteiger partial charge in [0.25, 0.3) is 0 Å². The molecule has 1 aliphatic heterocycles. The Morgan fingerprint density at radius 2 is 1.74 bits per heavy atom. The first-order chi connectivity index (χ1) is 13.0. The van der Waals surface area contributed by atoms with Gasteiger partial charge in [-0.1, -0.05) is 12.1 Å². The van der Waals surface area contributed by atoms with Gasteiger partial charge in [0.15, 0.2) is 0 Å². The van der Waals surface area contributed by atoms with Crippen LogP contribution in [0.5, 0.6) is 0 Å². The summed E-state index contributed by atoms with van der Waals surface area (Å²) in [7, 11) is -3.54. The first kappa shape index (κ1) is 19.8. The first-order valence-electron chi connectivity index (χ1n) is 8.43. The number of nitrogens with zero attached hydrogens (tertiary/aromatic N) is 1. The zero-order valence-corrected chi connectivity index (χ0v) is 16.9.